The fourth-order valence-electron chi connectivity index (χ4n) is 10.9. The van der Waals surface area contributed by atoms with E-state index in [9.17, 15) is 33.6 Å². The predicted octanol–water partition coefficient (Wildman–Crippen LogP) is 3.73. The smallest absolute Gasteiger partial charge is 0.320 e. The molecule has 67 heavy (non-hydrogen) atoms. The zero-order chi connectivity index (χ0) is 46.5. The number of amides is 6. The highest BCUT2D eigenvalue weighted by Crippen LogP contribution is 2.34. The number of nitrogens with zero attached hydrogens (tertiary/aromatic N) is 10. The number of aryl methyl sites for hydroxylation is 1. The Morgan fingerprint density at radius 2 is 1.42 bits per heavy atom. The van der Waals surface area contributed by atoms with Crippen molar-refractivity contribution in [3.8, 4) is 0 Å². The number of rotatable bonds is 9. The highest BCUT2D eigenvalue weighted by atomic mass is 16.2. The van der Waals surface area contributed by atoms with Crippen molar-refractivity contribution < 1.29 is 28.8 Å². The van der Waals surface area contributed by atoms with Gasteiger partial charge in [0.1, 0.15) is 17.5 Å². The van der Waals surface area contributed by atoms with Gasteiger partial charge in [0.15, 0.2) is 5.78 Å². The van der Waals surface area contributed by atoms with E-state index in [-0.39, 0.29) is 52.9 Å². The molecule has 1 unspecified atom stereocenters. The van der Waals surface area contributed by atoms with Gasteiger partial charge < -0.3 is 24.9 Å². The Balaban J connectivity index is 0.672. The van der Waals surface area contributed by atoms with Gasteiger partial charge in [0.25, 0.3) is 17.4 Å². The quantitative estimate of drug-likeness (QED) is 0.181. The zero-order valence-electron chi connectivity index (χ0n) is 38.0. The Morgan fingerprint density at radius 3 is 2.10 bits per heavy atom. The van der Waals surface area contributed by atoms with Crippen molar-refractivity contribution in [1.82, 2.24) is 44.4 Å². The molecule has 0 spiro atoms. The maximum absolute atomic E-state index is 13.6. The molecule has 4 saturated heterocycles. The Morgan fingerprint density at radius 1 is 0.746 bits per heavy atom. The van der Waals surface area contributed by atoms with E-state index in [4.69, 9.17) is 4.98 Å². The molecular formula is C48H56N12O7. The van der Waals surface area contributed by atoms with Gasteiger partial charge in [0.05, 0.1) is 28.6 Å². The minimum atomic E-state index is -1.01. The molecule has 1 atom stereocenters. The highest BCUT2D eigenvalue weighted by molar-refractivity contribution is 6.23. The molecule has 350 valence electrons. The summed E-state index contributed by atoms with van der Waals surface area (Å²) in [5.41, 5.74) is 3.40. The molecule has 2 N–H and O–H groups in total. The summed E-state index contributed by atoms with van der Waals surface area (Å²) in [4.78, 5) is 116. The van der Waals surface area contributed by atoms with Crippen LogP contribution in [-0.4, -0.2) is 153 Å². The third kappa shape index (κ3) is 8.49. The van der Waals surface area contributed by atoms with Gasteiger partial charge in [-0.1, -0.05) is 12.8 Å². The van der Waals surface area contributed by atoms with Crippen LogP contribution < -0.4 is 26.0 Å². The Kier molecular flexibility index (Phi) is 11.9. The third-order valence-electron chi connectivity index (χ3n) is 14.7. The minimum absolute atomic E-state index is 0.00220. The monoisotopic (exact) mass is 912 g/mol. The number of anilines is 4. The van der Waals surface area contributed by atoms with E-state index in [0.717, 1.165) is 101 Å². The van der Waals surface area contributed by atoms with Gasteiger partial charge in [-0.25, -0.2) is 14.8 Å². The number of Topliss-reactive ketones (excluding diaryl/α,β-unsaturated/α-hetero) is 1. The van der Waals surface area contributed by atoms with Gasteiger partial charge in [-0.3, -0.25) is 48.5 Å². The van der Waals surface area contributed by atoms with Gasteiger partial charge in [-0.2, -0.15) is 4.98 Å². The molecule has 5 aliphatic heterocycles. The van der Waals surface area contributed by atoms with Crippen LogP contribution in [0.1, 0.15) is 101 Å². The number of aromatic nitrogens is 4. The first kappa shape index (κ1) is 44.1. The SMILES string of the molecule is CC(=O)c1c(C)c2cnc(Nc3ccc(N4CCN(CC5CCN(C(=O)N6CCN(c7ccc8c(c7)C(=O)N(C7CCC(=O)NC7=O)C8=O)CC6)CC5)CC4)cn3)nc2n(C2CCCC2)c1=O. The fourth-order valence-corrected chi connectivity index (χ4v) is 10.9. The Bertz CT molecular complexity index is 2710. The van der Waals surface area contributed by atoms with Crippen molar-refractivity contribution >= 4 is 69.6 Å². The summed E-state index contributed by atoms with van der Waals surface area (Å²) in [6.07, 6.45) is 9.47. The summed E-state index contributed by atoms with van der Waals surface area (Å²) in [6.45, 7) is 11.6. The number of pyridine rings is 2. The van der Waals surface area contributed by atoms with Crippen LogP contribution in [0.3, 0.4) is 0 Å². The van der Waals surface area contributed by atoms with Gasteiger partial charge in [0.2, 0.25) is 17.8 Å². The van der Waals surface area contributed by atoms with Crippen LogP contribution in [0.15, 0.2) is 47.5 Å². The first-order chi connectivity index (χ1) is 32.4. The lowest BCUT2D eigenvalue weighted by atomic mass is 9.96. The standard InChI is InChI=1S/C48H56N12O7/c1-29-37-27-50-47(53-42(37)59(32-5-3-4-6-32)46(66)41(29)30(2)61)51-39-11-8-34(26-49-39)56-19-17-54(18-20-56)28-31-13-15-57(16-14-31)48(67)58-23-21-55(22-24-58)33-7-9-35-36(25-33)45(65)60(44(35)64)38-10-12-40(62)52-43(38)63/h7-9,11,25-27,31-32,38H,3-6,10,12-24,28H2,1-2H3,(H,52,62,63)(H,49,50,51,53). The molecule has 0 radical (unpaired) electrons. The molecule has 1 aromatic carbocycles. The molecule has 3 aromatic heterocycles. The molecule has 6 amide bonds. The number of piperazine rings is 2. The summed E-state index contributed by atoms with van der Waals surface area (Å²) in [6, 6.07) is 8.16. The van der Waals surface area contributed by atoms with Crippen LogP contribution in [0, 0.1) is 12.8 Å². The normalized spacial score (nSPS) is 21.1. The summed E-state index contributed by atoms with van der Waals surface area (Å²) < 4.78 is 1.71. The van der Waals surface area contributed by atoms with Crippen molar-refractivity contribution in [3.05, 3.63) is 75.3 Å². The molecule has 19 heteroatoms. The van der Waals surface area contributed by atoms with Crippen LogP contribution in [-0.2, 0) is 9.59 Å². The lowest BCUT2D eigenvalue weighted by Gasteiger charge is -2.42. The second kappa shape index (κ2) is 18.1. The second-order valence-corrected chi connectivity index (χ2v) is 18.8. The summed E-state index contributed by atoms with van der Waals surface area (Å²) in [7, 11) is 0. The number of carbonyl (C=O) groups excluding carboxylic acids is 6. The number of imide groups is 2. The Labute approximate surface area is 387 Å². The van der Waals surface area contributed by atoms with Crippen LogP contribution >= 0.6 is 0 Å². The van der Waals surface area contributed by atoms with Crippen LogP contribution in [0.5, 0.6) is 0 Å². The van der Waals surface area contributed by atoms with Crippen molar-refractivity contribution in [3.63, 3.8) is 0 Å². The highest BCUT2D eigenvalue weighted by Gasteiger charge is 2.45. The molecule has 8 heterocycles. The first-order valence-corrected chi connectivity index (χ1v) is 23.7. The molecule has 5 fully saturated rings. The predicted molar refractivity (Wildman–Crippen MR) is 249 cm³/mol. The number of carbonyl (C=O) groups is 6. The van der Waals surface area contributed by atoms with Gasteiger partial charge in [-0.05, 0) is 87.8 Å². The van der Waals surface area contributed by atoms with E-state index >= 15 is 0 Å². The number of ketones is 1. The van der Waals surface area contributed by atoms with Crippen LogP contribution in [0.2, 0.25) is 0 Å². The van der Waals surface area contributed by atoms with Crippen LogP contribution in [0.25, 0.3) is 11.0 Å². The fraction of sp³-hybridized carbons (Fsp3) is 0.500. The third-order valence-corrected chi connectivity index (χ3v) is 14.7. The molecular weight excluding hydrogens is 857 g/mol. The van der Waals surface area contributed by atoms with Gasteiger partial charge in [0, 0.05) is 102 Å². The molecule has 0 bridgehead atoms. The number of urea groups is 1. The lowest BCUT2D eigenvalue weighted by molar-refractivity contribution is -0.136. The number of piperidine rings is 2. The maximum Gasteiger partial charge on any atom is 0.320 e. The number of hydrogen-bond acceptors (Lipinski definition) is 14. The van der Waals surface area contributed by atoms with E-state index in [0.29, 0.717) is 60.5 Å². The summed E-state index contributed by atoms with van der Waals surface area (Å²) in [5.74, 6) is -0.895. The van der Waals surface area contributed by atoms with E-state index in [2.05, 4.69) is 41.4 Å². The molecule has 1 aliphatic carbocycles. The number of likely N-dealkylation sites (tertiary alicyclic amines) is 1. The molecule has 10 rings (SSSR count). The first-order valence-electron chi connectivity index (χ1n) is 23.7. The topological polar surface area (TPSA) is 207 Å². The summed E-state index contributed by atoms with van der Waals surface area (Å²) in [5, 5.41) is 6.16. The molecule has 4 aromatic rings. The van der Waals surface area contributed by atoms with Crippen LogP contribution in [0.4, 0.5) is 27.9 Å². The summed E-state index contributed by atoms with van der Waals surface area (Å²) >= 11 is 0. The zero-order valence-corrected chi connectivity index (χ0v) is 38.0. The lowest BCUT2D eigenvalue weighted by Crippen LogP contribution is -2.54. The van der Waals surface area contributed by atoms with Gasteiger partial charge in [-0.15, -0.1) is 0 Å². The van der Waals surface area contributed by atoms with Crippen molar-refractivity contribution in [2.45, 2.75) is 77.3 Å². The maximum atomic E-state index is 13.6. The second-order valence-electron chi connectivity index (χ2n) is 18.8. The van der Waals surface area contributed by atoms with E-state index in [1.807, 2.05) is 28.1 Å². The number of fused-ring (bicyclic) bond motifs is 2. The van der Waals surface area contributed by atoms with Crippen molar-refractivity contribution in [1.29, 1.82) is 0 Å². The Hall–Kier alpha value is -6.76. The molecule has 6 aliphatic rings. The molecule has 19 nitrogen and oxygen atoms in total. The average Bonchev–Trinajstić information content (AvgIpc) is 3.95. The van der Waals surface area contributed by atoms with E-state index in [1.54, 1.807) is 29.8 Å². The largest absolute Gasteiger partial charge is 0.368 e. The van der Waals surface area contributed by atoms with Gasteiger partial charge >= 0.3 is 6.03 Å². The van der Waals surface area contributed by atoms with Crippen molar-refractivity contribution in [2.24, 2.45) is 5.92 Å². The van der Waals surface area contributed by atoms with Crippen molar-refractivity contribution in [2.75, 3.05) is 87.1 Å². The average molecular weight is 913 g/mol. The minimum Gasteiger partial charge on any atom is -0.368 e. The van der Waals surface area contributed by atoms with E-state index in [1.165, 1.54) is 6.92 Å². The number of benzene rings is 1. The van der Waals surface area contributed by atoms with E-state index < -0.39 is 29.7 Å². The number of hydrogen-bond donors (Lipinski definition) is 2. The number of nitrogens with one attached hydrogen (secondary N) is 2. The molecule has 1 saturated carbocycles.